The molecule has 2 aromatic carbocycles. The molecule has 6 heteroatoms. The van der Waals surface area contributed by atoms with Gasteiger partial charge in [0.05, 0.1) is 5.69 Å². The second-order valence-corrected chi connectivity index (χ2v) is 7.05. The fourth-order valence-electron chi connectivity index (χ4n) is 2.86. The van der Waals surface area contributed by atoms with Crippen molar-refractivity contribution in [3.8, 4) is 5.75 Å². The van der Waals surface area contributed by atoms with Crippen molar-refractivity contribution in [1.29, 1.82) is 0 Å². The molecule has 0 aliphatic carbocycles. The number of hydrogen-bond acceptors (Lipinski definition) is 4. The van der Waals surface area contributed by atoms with E-state index in [1.54, 1.807) is 29.2 Å². The van der Waals surface area contributed by atoms with E-state index in [2.05, 4.69) is 5.32 Å². The van der Waals surface area contributed by atoms with E-state index in [-0.39, 0.29) is 18.4 Å². The van der Waals surface area contributed by atoms with Crippen LogP contribution in [0.2, 0.25) is 0 Å². The Morgan fingerprint density at radius 1 is 1.21 bits per heavy atom. The van der Waals surface area contributed by atoms with Gasteiger partial charge in [-0.25, -0.2) is 0 Å². The smallest absolute Gasteiger partial charge is 0.265 e. The molecule has 0 spiro atoms. The van der Waals surface area contributed by atoms with Gasteiger partial charge in [-0.1, -0.05) is 29.8 Å². The number of anilines is 2. The normalized spacial score (nSPS) is 13.6. The van der Waals surface area contributed by atoms with Gasteiger partial charge in [-0.2, -0.15) is 0 Å². The van der Waals surface area contributed by atoms with E-state index < -0.39 is 0 Å². The lowest BCUT2D eigenvalue weighted by Crippen LogP contribution is -2.42. The lowest BCUT2D eigenvalue weighted by molar-refractivity contribution is -0.121. The monoisotopic (exact) mass is 379 g/mol. The molecule has 1 N–H and O–H groups in total. The van der Waals surface area contributed by atoms with Crippen molar-refractivity contribution in [3.05, 3.63) is 59.7 Å². The quantitative estimate of drug-likeness (QED) is 0.784. The van der Waals surface area contributed by atoms with Gasteiger partial charge in [0.25, 0.3) is 5.91 Å². The van der Waals surface area contributed by atoms with Gasteiger partial charge in [-0.3, -0.25) is 9.59 Å². The third-order valence-corrected chi connectivity index (χ3v) is 4.44. The molecule has 1 heterocycles. The van der Waals surface area contributed by atoms with E-state index >= 15 is 0 Å². The summed E-state index contributed by atoms with van der Waals surface area (Å²) in [7, 11) is 3.92. The van der Waals surface area contributed by atoms with Crippen LogP contribution in [0, 0.1) is 6.92 Å². The zero-order valence-corrected chi connectivity index (χ0v) is 16.4. The maximum Gasteiger partial charge on any atom is 0.265 e. The molecule has 2 amide bonds. The van der Waals surface area contributed by atoms with Gasteiger partial charge in [0.2, 0.25) is 5.91 Å². The number of hydrogen-bond donors (Lipinski definition) is 1. The Morgan fingerprint density at radius 3 is 2.68 bits per heavy atom. The van der Waals surface area contributed by atoms with Crippen molar-refractivity contribution in [2.45, 2.75) is 6.92 Å². The molecule has 0 saturated heterocycles. The highest BCUT2D eigenvalue weighted by molar-refractivity contribution is 6.03. The molecule has 1 aliphatic heterocycles. The van der Waals surface area contributed by atoms with Crippen molar-refractivity contribution in [1.82, 2.24) is 4.90 Å². The van der Waals surface area contributed by atoms with E-state index in [1.165, 1.54) is 11.6 Å². The molecule has 2 aromatic rings. The number of carbonyl (C=O) groups is 2. The van der Waals surface area contributed by atoms with E-state index in [0.29, 0.717) is 23.7 Å². The zero-order chi connectivity index (χ0) is 20.1. The first kappa shape index (κ1) is 19.6. The molecular weight excluding hydrogens is 354 g/mol. The summed E-state index contributed by atoms with van der Waals surface area (Å²) in [5.74, 6) is 0.326. The van der Waals surface area contributed by atoms with Gasteiger partial charge < -0.3 is 19.9 Å². The first-order valence-corrected chi connectivity index (χ1v) is 9.20. The lowest BCUT2D eigenvalue weighted by atomic mass is 10.1. The maximum atomic E-state index is 12.3. The van der Waals surface area contributed by atoms with Gasteiger partial charge >= 0.3 is 0 Å². The van der Waals surface area contributed by atoms with Crippen LogP contribution in [-0.4, -0.2) is 50.5 Å². The van der Waals surface area contributed by atoms with E-state index in [4.69, 9.17) is 4.74 Å². The minimum Gasteiger partial charge on any atom is -0.482 e. The molecule has 1 aliphatic rings. The number of fused-ring (bicyclic) bond motifs is 1. The van der Waals surface area contributed by atoms with Gasteiger partial charge in [-0.15, -0.1) is 0 Å². The summed E-state index contributed by atoms with van der Waals surface area (Å²) >= 11 is 0. The Kier molecular flexibility index (Phi) is 6.11. The Hall–Kier alpha value is -3.12. The molecule has 146 valence electrons. The molecule has 0 aromatic heterocycles. The van der Waals surface area contributed by atoms with Crippen LogP contribution in [0.15, 0.2) is 48.5 Å². The molecular formula is C22H25N3O3. The minimum atomic E-state index is -0.233. The zero-order valence-electron chi connectivity index (χ0n) is 16.4. The van der Waals surface area contributed by atoms with E-state index in [0.717, 1.165) is 12.1 Å². The predicted octanol–water partition coefficient (Wildman–Crippen LogP) is 2.93. The number of likely N-dealkylation sites (N-methyl/N-ethyl adjacent to an activating group) is 1. The molecule has 0 unspecified atom stereocenters. The number of nitrogens with zero attached hydrogens (tertiary/aromatic N) is 2. The number of amides is 2. The lowest BCUT2D eigenvalue weighted by Gasteiger charge is -2.30. The molecule has 3 rings (SSSR count). The fraction of sp³-hybridized carbons (Fsp3) is 0.273. The first-order chi connectivity index (χ1) is 13.4. The Bertz CT molecular complexity index is 888. The number of carbonyl (C=O) groups excluding carboxylic acids is 2. The number of rotatable bonds is 6. The largest absolute Gasteiger partial charge is 0.482 e. The summed E-state index contributed by atoms with van der Waals surface area (Å²) in [5, 5.41) is 2.84. The number of nitrogens with one attached hydrogen (secondary N) is 1. The minimum absolute atomic E-state index is 0.0332. The Balaban J connectivity index is 1.72. The van der Waals surface area contributed by atoms with E-state index in [1.807, 2.05) is 50.2 Å². The average Bonchev–Trinajstić information content (AvgIpc) is 2.66. The molecule has 0 atom stereocenters. The molecule has 6 nitrogen and oxygen atoms in total. The number of benzene rings is 2. The molecule has 0 bridgehead atoms. The highest BCUT2D eigenvalue weighted by Crippen LogP contribution is 2.34. The van der Waals surface area contributed by atoms with Crippen LogP contribution in [0.3, 0.4) is 0 Å². The van der Waals surface area contributed by atoms with Gasteiger partial charge in [0.1, 0.15) is 5.75 Å². The maximum absolute atomic E-state index is 12.3. The van der Waals surface area contributed by atoms with Gasteiger partial charge in [0.15, 0.2) is 6.61 Å². The second-order valence-electron chi connectivity index (χ2n) is 7.05. The van der Waals surface area contributed by atoms with Gasteiger partial charge in [0, 0.05) is 24.9 Å². The van der Waals surface area contributed by atoms with Crippen molar-refractivity contribution < 1.29 is 14.3 Å². The molecule has 0 radical (unpaired) electrons. The van der Waals surface area contributed by atoms with Gasteiger partial charge in [-0.05, 0) is 50.9 Å². The molecule has 0 fully saturated rings. The summed E-state index contributed by atoms with van der Waals surface area (Å²) in [6, 6.07) is 13.3. The average molecular weight is 379 g/mol. The highest BCUT2D eigenvalue weighted by Gasteiger charge is 2.25. The van der Waals surface area contributed by atoms with Crippen LogP contribution in [0.4, 0.5) is 11.4 Å². The van der Waals surface area contributed by atoms with Crippen molar-refractivity contribution in [2.24, 2.45) is 0 Å². The first-order valence-electron chi connectivity index (χ1n) is 9.20. The van der Waals surface area contributed by atoms with Crippen LogP contribution < -0.4 is 15.0 Å². The highest BCUT2D eigenvalue weighted by atomic mass is 16.5. The third kappa shape index (κ3) is 4.98. The molecule has 28 heavy (non-hydrogen) atoms. The van der Waals surface area contributed by atoms with Crippen LogP contribution in [0.1, 0.15) is 11.1 Å². The second kappa shape index (κ2) is 8.71. The Morgan fingerprint density at radius 2 is 1.96 bits per heavy atom. The van der Waals surface area contributed by atoms with Crippen LogP contribution >= 0.6 is 0 Å². The summed E-state index contributed by atoms with van der Waals surface area (Å²) in [5.41, 5.74) is 3.43. The van der Waals surface area contributed by atoms with Crippen molar-refractivity contribution >= 4 is 29.3 Å². The van der Waals surface area contributed by atoms with Crippen molar-refractivity contribution in [2.75, 3.05) is 44.0 Å². The van der Waals surface area contributed by atoms with Crippen LogP contribution in [0.25, 0.3) is 6.08 Å². The summed E-state index contributed by atoms with van der Waals surface area (Å²) in [6.07, 6.45) is 3.26. The van der Waals surface area contributed by atoms with Crippen molar-refractivity contribution in [3.63, 3.8) is 0 Å². The SMILES string of the molecule is Cc1ccc(/C=C/C(=O)Nc2ccc3c(c2)N(CCN(C)C)C(=O)CO3)cc1. The summed E-state index contributed by atoms with van der Waals surface area (Å²) < 4.78 is 5.52. The third-order valence-electron chi connectivity index (χ3n) is 4.44. The van der Waals surface area contributed by atoms with Crippen LogP contribution in [-0.2, 0) is 9.59 Å². The molecule has 0 saturated carbocycles. The summed E-state index contributed by atoms with van der Waals surface area (Å²) in [6.45, 7) is 3.35. The number of ether oxygens (including phenoxy) is 1. The predicted molar refractivity (Wildman–Crippen MR) is 112 cm³/mol. The Labute approximate surface area is 165 Å². The topological polar surface area (TPSA) is 61.9 Å². The number of aryl methyl sites for hydroxylation is 1. The van der Waals surface area contributed by atoms with Crippen LogP contribution in [0.5, 0.6) is 5.75 Å². The fourth-order valence-corrected chi connectivity index (χ4v) is 2.86. The summed E-state index contributed by atoms with van der Waals surface area (Å²) in [4.78, 5) is 28.3. The van der Waals surface area contributed by atoms with E-state index in [9.17, 15) is 9.59 Å². The standard InChI is InChI=1S/C22H25N3O3/c1-16-4-6-17(7-5-16)8-11-21(26)23-18-9-10-20-19(14-18)25(13-12-24(2)3)22(27)15-28-20/h4-11,14H,12-13,15H2,1-3H3,(H,23,26)/b11-8+.